The van der Waals surface area contributed by atoms with E-state index < -0.39 is 6.10 Å². The second-order valence-corrected chi connectivity index (χ2v) is 6.34. The largest absolute Gasteiger partial charge is 0.392 e. The van der Waals surface area contributed by atoms with E-state index in [4.69, 9.17) is 4.74 Å². The summed E-state index contributed by atoms with van der Waals surface area (Å²) in [5.74, 6) is 1.06. The summed E-state index contributed by atoms with van der Waals surface area (Å²) in [6, 6.07) is 0. The molecule has 0 aromatic carbocycles. The third-order valence-electron chi connectivity index (χ3n) is 3.99. The van der Waals surface area contributed by atoms with Crippen LogP contribution in [0.1, 0.15) is 46.5 Å². The first-order chi connectivity index (χ1) is 8.99. The molecule has 0 amide bonds. The van der Waals surface area contributed by atoms with E-state index in [1.165, 1.54) is 12.8 Å². The number of hydrogen-bond donors (Lipinski definition) is 3. The maximum Gasteiger partial charge on any atom is 0.0897 e. The van der Waals surface area contributed by atoms with E-state index in [0.717, 1.165) is 18.8 Å². The average Bonchev–Trinajstić information content (AvgIpc) is 2.37. The summed E-state index contributed by atoms with van der Waals surface area (Å²) < 4.78 is 5.75. The van der Waals surface area contributed by atoms with Gasteiger partial charge in [0.25, 0.3) is 0 Å². The molecule has 1 aliphatic rings. The highest BCUT2D eigenvalue weighted by molar-refractivity contribution is 4.71. The van der Waals surface area contributed by atoms with E-state index in [0.29, 0.717) is 25.8 Å². The normalized spacial score (nSPS) is 27.5. The average molecular weight is 273 g/mol. The number of hydrogen-bond acceptors (Lipinski definition) is 4. The Labute approximate surface area is 117 Å². The van der Waals surface area contributed by atoms with Gasteiger partial charge in [0.1, 0.15) is 0 Å². The molecule has 2 unspecified atom stereocenters. The van der Waals surface area contributed by atoms with Crippen LogP contribution in [0, 0.1) is 11.8 Å². The van der Waals surface area contributed by atoms with Crippen molar-refractivity contribution in [3.05, 3.63) is 0 Å². The highest BCUT2D eigenvalue weighted by atomic mass is 16.5. The van der Waals surface area contributed by atoms with Crippen LogP contribution in [-0.2, 0) is 4.74 Å². The van der Waals surface area contributed by atoms with Crippen LogP contribution in [0.4, 0.5) is 0 Å². The van der Waals surface area contributed by atoms with Gasteiger partial charge in [0.2, 0.25) is 0 Å². The number of nitrogens with one attached hydrogen (secondary N) is 1. The molecule has 4 heteroatoms. The first-order valence-corrected chi connectivity index (χ1v) is 7.67. The van der Waals surface area contributed by atoms with Crippen molar-refractivity contribution in [2.75, 3.05) is 19.7 Å². The number of aliphatic hydroxyl groups is 2. The molecule has 0 radical (unpaired) electrons. The number of rotatable bonds is 8. The third-order valence-corrected chi connectivity index (χ3v) is 3.99. The van der Waals surface area contributed by atoms with Crippen LogP contribution in [-0.4, -0.2) is 48.2 Å². The molecule has 1 fully saturated rings. The molecule has 0 aromatic rings. The molecule has 4 nitrogen and oxygen atoms in total. The van der Waals surface area contributed by atoms with Crippen LogP contribution in [0.5, 0.6) is 0 Å². The maximum atomic E-state index is 9.81. The Bertz CT molecular complexity index is 227. The van der Waals surface area contributed by atoms with Gasteiger partial charge >= 0.3 is 0 Å². The second kappa shape index (κ2) is 8.90. The van der Waals surface area contributed by atoms with Gasteiger partial charge in [-0.25, -0.2) is 0 Å². The molecular weight excluding hydrogens is 242 g/mol. The molecular formula is C15H31NO3. The van der Waals surface area contributed by atoms with E-state index in [1.54, 1.807) is 0 Å². The molecule has 2 atom stereocenters. The number of ether oxygens (including phenoxy) is 1. The molecule has 0 heterocycles. The second-order valence-electron chi connectivity index (χ2n) is 6.34. The summed E-state index contributed by atoms with van der Waals surface area (Å²) in [5, 5.41) is 22.5. The first kappa shape index (κ1) is 16.9. The van der Waals surface area contributed by atoms with Crippen molar-refractivity contribution in [2.45, 2.75) is 64.8 Å². The zero-order chi connectivity index (χ0) is 14.3. The van der Waals surface area contributed by atoms with Gasteiger partial charge in [-0.2, -0.15) is 0 Å². The molecule has 1 saturated carbocycles. The smallest absolute Gasteiger partial charge is 0.0897 e. The summed E-state index contributed by atoms with van der Waals surface area (Å²) in [5.41, 5.74) is 0. The molecule has 1 aliphatic carbocycles. The molecule has 3 N–H and O–H groups in total. The van der Waals surface area contributed by atoms with Crippen LogP contribution >= 0.6 is 0 Å². The molecule has 0 saturated heterocycles. The topological polar surface area (TPSA) is 61.7 Å². The Kier molecular flexibility index (Phi) is 7.91. The summed E-state index contributed by atoms with van der Waals surface area (Å²) in [4.78, 5) is 0. The van der Waals surface area contributed by atoms with Crippen LogP contribution < -0.4 is 5.32 Å². The standard InChI is InChI=1S/C15H31NO3/c1-11(2)15(18)9-16-8-13(17)10-19-14-6-4-12(3)5-7-14/h11-18H,4-10H2,1-3H3. The van der Waals surface area contributed by atoms with Gasteiger partial charge in [0, 0.05) is 13.1 Å². The lowest BCUT2D eigenvalue weighted by Gasteiger charge is -2.27. The zero-order valence-electron chi connectivity index (χ0n) is 12.6. The van der Waals surface area contributed by atoms with E-state index in [2.05, 4.69) is 12.2 Å². The molecule has 0 aromatic heterocycles. The Hall–Kier alpha value is -0.160. The molecule has 0 aliphatic heterocycles. The van der Waals surface area contributed by atoms with Crippen molar-refractivity contribution in [3.63, 3.8) is 0 Å². The van der Waals surface area contributed by atoms with Crippen molar-refractivity contribution in [2.24, 2.45) is 11.8 Å². The minimum Gasteiger partial charge on any atom is -0.392 e. The number of aliphatic hydroxyl groups excluding tert-OH is 2. The lowest BCUT2D eigenvalue weighted by molar-refractivity contribution is -0.0285. The summed E-state index contributed by atoms with van der Waals surface area (Å²) in [6.07, 6.45) is 4.19. The molecule has 0 bridgehead atoms. The van der Waals surface area contributed by atoms with Crippen molar-refractivity contribution in [1.29, 1.82) is 0 Å². The third kappa shape index (κ3) is 7.25. The molecule has 0 spiro atoms. The van der Waals surface area contributed by atoms with Gasteiger partial charge in [0.05, 0.1) is 24.9 Å². The lowest BCUT2D eigenvalue weighted by Crippen LogP contribution is -2.37. The molecule has 114 valence electrons. The van der Waals surface area contributed by atoms with E-state index >= 15 is 0 Å². The van der Waals surface area contributed by atoms with E-state index in [-0.39, 0.29) is 12.0 Å². The van der Waals surface area contributed by atoms with Crippen LogP contribution in [0.2, 0.25) is 0 Å². The zero-order valence-corrected chi connectivity index (χ0v) is 12.6. The highest BCUT2D eigenvalue weighted by Crippen LogP contribution is 2.25. The van der Waals surface area contributed by atoms with Gasteiger partial charge in [-0.05, 0) is 37.5 Å². The quantitative estimate of drug-likeness (QED) is 0.628. The Morgan fingerprint density at radius 3 is 2.32 bits per heavy atom. The van der Waals surface area contributed by atoms with Gasteiger partial charge in [-0.15, -0.1) is 0 Å². The van der Waals surface area contributed by atoms with Gasteiger partial charge in [-0.3, -0.25) is 0 Å². The summed E-state index contributed by atoms with van der Waals surface area (Å²) in [6.45, 7) is 7.65. The summed E-state index contributed by atoms with van der Waals surface area (Å²) in [7, 11) is 0. The van der Waals surface area contributed by atoms with Crippen molar-refractivity contribution in [1.82, 2.24) is 5.32 Å². The Morgan fingerprint density at radius 2 is 1.74 bits per heavy atom. The van der Waals surface area contributed by atoms with Gasteiger partial charge in [-0.1, -0.05) is 20.8 Å². The highest BCUT2D eigenvalue weighted by Gasteiger charge is 2.19. The van der Waals surface area contributed by atoms with Crippen LogP contribution in [0.25, 0.3) is 0 Å². The monoisotopic (exact) mass is 273 g/mol. The first-order valence-electron chi connectivity index (χ1n) is 7.67. The fourth-order valence-electron chi connectivity index (χ4n) is 2.34. The SMILES string of the molecule is CC1CCC(OCC(O)CNCC(O)C(C)C)CC1. The van der Waals surface area contributed by atoms with Gasteiger partial charge < -0.3 is 20.3 Å². The van der Waals surface area contributed by atoms with Crippen LogP contribution in [0.3, 0.4) is 0 Å². The van der Waals surface area contributed by atoms with Crippen LogP contribution in [0.15, 0.2) is 0 Å². The van der Waals surface area contributed by atoms with E-state index in [1.807, 2.05) is 13.8 Å². The van der Waals surface area contributed by atoms with Crippen molar-refractivity contribution >= 4 is 0 Å². The minimum absolute atomic E-state index is 0.241. The fourth-order valence-corrected chi connectivity index (χ4v) is 2.34. The minimum atomic E-state index is -0.487. The van der Waals surface area contributed by atoms with Crippen molar-refractivity contribution < 1.29 is 14.9 Å². The fraction of sp³-hybridized carbons (Fsp3) is 1.00. The maximum absolute atomic E-state index is 9.81. The Balaban J connectivity index is 2.03. The Morgan fingerprint density at radius 1 is 1.11 bits per heavy atom. The lowest BCUT2D eigenvalue weighted by atomic mass is 9.89. The predicted molar refractivity (Wildman–Crippen MR) is 77.1 cm³/mol. The predicted octanol–water partition coefficient (Wildman–Crippen LogP) is 1.55. The van der Waals surface area contributed by atoms with Gasteiger partial charge in [0.15, 0.2) is 0 Å². The summed E-state index contributed by atoms with van der Waals surface area (Å²) >= 11 is 0. The van der Waals surface area contributed by atoms with E-state index in [9.17, 15) is 10.2 Å². The molecule has 19 heavy (non-hydrogen) atoms. The van der Waals surface area contributed by atoms with Crippen molar-refractivity contribution in [3.8, 4) is 0 Å². The molecule has 1 rings (SSSR count).